The highest BCUT2D eigenvalue weighted by Gasteiger charge is 2.23. The highest BCUT2D eigenvalue weighted by atomic mass is 19.1. The van der Waals surface area contributed by atoms with Gasteiger partial charge in [0.1, 0.15) is 5.82 Å². The molecule has 3 rings (SSSR count). The van der Waals surface area contributed by atoms with E-state index in [-0.39, 0.29) is 17.8 Å². The third-order valence-electron chi connectivity index (χ3n) is 4.69. The summed E-state index contributed by atoms with van der Waals surface area (Å²) in [5.74, 6) is -0.190. The summed E-state index contributed by atoms with van der Waals surface area (Å²) >= 11 is 0. The molecular formula is C21H26FN3O2. The number of carbonyl (C=O) groups excluding carboxylic acids is 1. The second kappa shape index (κ2) is 9.58. The van der Waals surface area contributed by atoms with Crippen molar-refractivity contribution >= 4 is 5.91 Å². The first-order chi connectivity index (χ1) is 13.1. The Morgan fingerprint density at radius 1 is 1.15 bits per heavy atom. The molecule has 2 heterocycles. The van der Waals surface area contributed by atoms with Crippen LogP contribution in [0.25, 0.3) is 0 Å². The number of aromatic nitrogens is 1. The molecule has 1 fully saturated rings. The Hall–Kier alpha value is -2.31. The van der Waals surface area contributed by atoms with Gasteiger partial charge in [0.05, 0.1) is 12.6 Å². The van der Waals surface area contributed by atoms with Crippen molar-refractivity contribution < 1.29 is 13.9 Å². The van der Waals surface area contributed by atoms with Crippen molar-refractivity contribution in [3.05, 3.63) is 65.7 Å². The first kappa shape index (κ1) is 19.5. The number of hydrogen-bond donors (Lipinski definition) is 0. The molecular weight excluding hydrogens is 345 g/mol. The molecule has 1 atom stereocenters. The molecule has 1 saturated heterocycles. The molecule has 5 nitrogen and oxygen atoms in total. The van der Waals surface area contributed by atoms with Crippen LogP contribution >= 0.6 is 0 Å². The Labute approximate surface area is 159 Å². The van der Waals surface area contributed by atoms with E-state index in [1.165, 1.54) is 12.1 Å². The Kier molecular flexibility index (Phi) is 6.90. The molecule has 0 bridgehead atoms. The van der Waals surface area contributed by atoms with Crippen LogP contribution < -0.4 is 0 Å². The molecule has 1 amide bonds. The second-order valence-electron chi connectivity index (χ2n) is 7.06. The lowest BCUT2D eigenvalue weighted by Crippen LogP contribution is -2.42. The highest BCUT2D eigenvalue weighted by molar-refractivity contribution is 5.78. The van der Waals surface area contributed by atoms with Gasteiger partial charge in [-0.2, -0.15) is 0 Å². The van der Waals surface area contributed by atoms with E-state index in [1.54, 1.807) is 24.5 Å². The van der Waals surface area contributed by atoms with Crippen LogP contribution in [-0.4, -0.2) is 53.5 Å². The first-order valence-corrected chi connectivity index (χ1v) is 9.31. The monoisotopic (exact) mass is 371 g/mol. The minimum Gasteiger partial charge on any atom is -0.376 e. The molecule has 1 aliphatic rings. The van der Waals surface area contributed by atoms with E-state index in [4.69, 9.17) is 4.74 Å². The fraction of sp³-hybridized carbons (Fsp3) is 0.429. The van der Waals surface area contributed by atoms with Gasteiger partial charge in [-0.15, -0.1) is 0 Å². The zero-order valence-electron chi connectivity index (χ0n) is 15.7. The number of nitrogens with zero attached hydrogens (tertiary/aromatic N) is 3. The van der Waals surface area contributed by atoms with E-state index in [1.807, 2.05) is 29.0 Å². The standard InChI is InChI=1S/C21H26FN3O2/c1-24(13-17-4-6-19(22)7-5-17)16-21(26)25(15-20-3-2-12-27-20)14-18-8-10-23-11-9-18/h4-11,20H,2-3,12-16H2,1H3/t20-/m1/s1. The fourth-order valence-corrected chi connectivity index (χ4v) is 3.29. The molecule has 0 radical (unpaired) electrons. The molecule has 0 N–H and O–H groups in total. The highest BCUT2D eigenvalue weighted by Crippen LogP contribution is 2.16. The summed E-state index contributed by atoms with van der Waals surface area (Å²) in [5.41, 5.74) is 2.03. The topological polar surface area (TPSA) is 45.7 Å². The summed E-state index contributed by atoms with van der Waals surface area (Å²) in [6.07, 6.45) is 5.63. The lowest BCUT2D eigenvalue weighted by Gasteiger charge is -2.28. The van der Waals surface area contributed by atoms with E-state index < -0.39 is 0 Å². The zero-order chi connectivity index (χ0) is 19.1. The molecule has 1 aromatic heterocycles. The Bertz CT molecular complexity index is 718. The van der Waals surface area contributed by atoms with Gasteiger partial charge >= 0.3 is 0 Å². The van der Waals surface area contributed by atoms with Crippen molar-refractivity contribution in [1.29, 1.82) is 0 Å². The summed E-state index contributed by atoms with van der Waals surface area (Å²) in [4.78, 5) is 20.8. The predicted molar refractivity (Wildman–Crippen MR) is 101 cm³/mol. The van der Waals surface area contributed by atoms with E-state index in [9.17, 15) is 9.18 Å². The van der Waals surface area contributed by atoms with E-state index in [2.05, 4.69) is 4.98 Å². The summed E-state index contributed by atoms with van der Waals surface area (Å²) in [6, 6.07) is 10.2. The average Bonchev–Trinajstić information content (AvgIpc) is 3.17. The number of pyridine rings is 1. The normalized spacial score (nSPS) is 16.6. The first-order valence-electron chi connectivity index (χ1n) is 9.31. The van der Waals surface area contributed by atoms with Gasteiger partial charge in [0.15, 0.2) is 0 Å². The molecule has 0 saturated carbocycles. The minimum atomic E-state index is -0.252. The number of ether oxygens (including phenoxy) is 1. The summed E-state index contributed by atoms with van der Waals surface area (Å²) in [6.45, 7) is 2.81. The fourth-order valence-electron chi connectivity index (χ4n) is 3.29. The van der Waals surface area contributed by atoms with Gasteiger partial charge < -0.3 is 9.64 Å². The third kappa shape index (κ3) is 6.12. The summed E-state index contributed by atoms with van der Waals surface area (Å²) < 4.78 is 18.8. The van der Waals surface area contributed by atoms with Gasteiger partial charge in [-0.25, -0.2) is 4.39 Å². The SMILES string of the molecule is CN(CC(=O)N(Cc1ccncc1)C[C@H]1CCCO1)Cc1ccc(F)cc1. The number of benzene rings is 1. The van der Waals surface area contributed by atoms with Gasteiger partial charge in [0, 0.05) is 38.6 Å². The number of likely N-dealkylation sites (N-methyl/N-ethyl adjacent to an activating group) is 1. The van der Waals surface area contributed by atoms with Crippen molar-refractivity contribution in [2.24, 2.45) is 0 Å². The number of halogens is 1. The molecule has 0 unspecified atom stereocenters. The van der Waals surface area contributed by atoms with Crippen molar-refractivity contribution in [3.8, 4) is 0 Å². The molecule has 6 heteroatoms. The lowest BCUT2D eigenvalue weighted by molar-refractivity contribution is -0.134. The van der Waals surface area contributed by atoms with Gasteiger partial charge in [0.25, 0.3) is 0 Å². The van der Waals surface area contributed by atoms with Crippen LogP contribution in [0.2, 0.25) is 0 Å². The van der Waals surface area contributed by atoms with Crippen LogP contribution in [0.3, 0.4) is 0 Å². The maximum atomic E-state index is 13.1. The van der Waals surface area contributed by atoms with E-state index in [0.717, 1.165) is 30.6 Å². The Morgan fingerprint density at radius 3 is 2.52 bits per heavy atom. The van der Waals surface area contributed by atoms with Crippen LogP contribution in [-0.2, 0) is 22.6 Å². The lowest BCUT2D eigenvalue weighted by atomic mass is 10.2. The molecule has 144 valence electrons. The smallest absolute Gasteiger partial charge is 0.237 e. The minimum absolute atomic E-state index is 0.0620. The van der Waals surface area contributed by atoms with Crippen LogP contribution in [0.15, 0.2) is 48.8 Å². The number of rotatable bonds is 8. The van der Waals surface area contributed by atoms with Gasteiger partial charge in [-0.3, -0.25) is 14.7 Å². The van der Waals surface area contributed by atoms with Crippen LogP contribution in [0.5, 0.6) is 0 Å². The maximum Gasteiger partial charge on any atom is 0.237 e. The van der Waals surface area contributed by atoms with Gasteiger partial charge in [0.2, 0.25) is 5.91 Å². The quantitative estimate of drug-likeness (QED) is 0.716. The van der Waals surface area contributed by atoms with Crippen LogP contribution in [0.4, 0.5) is 4.39 Å². The number of amides is 1. The second-order valence-corrected chi connectivity index (χ2v) is 7.06. The number of carbonyl (C=O) groups is 1. The van der Waals surface area contributed by atoms with E-state index in [0.29, 0.717) is 26.2 Å². The Balaban J connectivity index is 1.61. The van der Waals surface area contributed by atoms with Crippen molar-refractivity contribution in [2.45, 2.75) is 32.0 Å². The largest absolute Gasteiger partial charge is 0.376 e. The molecule has 1 aromatic carbocycles. The molecule has 1 aliphatic heterocycles. The molecule has 27 heavy (non-hydrogen) atoms. The zero-order valence-corrected chi connectivity index (χ0v) is 15.7. The van der Waals surface area contributed by atoms with Gasteiger partial charge in [-0.05, 0) is 55.3 Å². The number of hydrogen-bond acceptors (Lipinski definition) is 4. The third-order valence-corrected chi connectivity index (χ3v) is 4.69. The van der Waals surface area contributed by atoms with Gasteiger partial charge in [-0.1, -0.05) is 12.1 Å². The summed E-state index contributed by atoms with van der Waals surface area (Å²) in [5, 5.41) is 0. The molecule has 0 spiro atoms. The Morgan fingerprint density at radius 2 is 1.85 bits per heavy atom. The maximum absolute atomic E-state index is 13.1. The molecule has 0 aliphatic carbocycles. The van der Waals surface area contributed by atoms with Crippen molar-refractivity contribution in [2.75, 3.05) is 26.7 Å². The van der Waals surface area contributed by atoms with Crippen molar-refractivity contribution in [3.63, 3.8) is 0 Å². The predicted octanol–water partition coefficient (Wildman–Crippen LogP) is 2.86. The van der Waals surface area contributed by atoms with E-state index >= 15 is 0 Å². The van der Waals surface area contributed by atoms with Crippen LogP contribution in [0.1, 0.15) is 24.0 Å². The summed E-state index contributed by atoms with van der Waals surface area (Å²) in [7, 11) is 1.90. The average molecular weight is 371 g/mol. The van der Waals surface area contributed by atoms with Crippen molar-refractivity contribution in [1.82, 2.24) is 14.8 Å². The van der Waals surface area contributed by atoms with Crippen LogP contribution in [0, 0.1) is 5.82 Å². The molecule has 2 aromatic rings.